The summed E-state index contributed by atoms with van der Waals surface area (Å²) in [5.74, 6) is -0.151. The van der Waals surface area contributed by atoms with Crippen molar-refractivity contribution in [1.82, 2.24) is 34.6 Å². The molecule has 1 aliphatic carbocycles. The fourth-order valence-electron chi connectivity index (χ4n) is 4.98. The van der Waals surface area contributed by atoms with Crippen molar-refractivity contribution in [3.63, 3.8) is 0 Å². The molecule has 2 amide bonds. The average molecular weight is 514 g/mol. The molecule has 4 heterocycles. The number of aryl methyl sites for hydroxylation is 1. The number of aliphatic hydroxyl groups excluding tert-OH is 1. The Kier molecular flexibility index (Phi) is 6.28. The third kappa shape index (κ3) is 4.84. The van der Waals surface area contributed by atoms with Gasteiger partial charge in [-0.1, -0.05) is 37.6 Å². The first kappa shape index (κ1) is 24.7. The zero-order chi connectivity index (χ0) is 25.8. The number of carbonyl (C=O) groups excluding carboxylic acids is 2. The van der Waals surface area contributed by atoms with Gasteiger partial charge in [0.1, 0.15) is 17.7 Å². The van der Waals surface area contributed by atoms with E-state index < -0.39 is 23.6 Å². The number of fused-ring (bicyclic) bond motifs is 1. The number of amides is 2. The highest BCUT2D eigenvalue weighted by Gasteiger charge is 2.45. The van der Waals surface area contributed by atoms with Crippen LogP contribution < -0.4 is 5.32 Å². The second-order valence-corrected chi connectivity index (χ2v) is 11.5. The minimum Gasteiger partial charge on any atom is -0.391 e. The van der Waals surface area contributed by atoms with Crippen molar-refractivity contribution in [2.45, 2.75) is 77.6 Å². The summed E-state index contributed by atoms with van der Waals surface area (Å²) in [6, 6.07) is 0.408. The van der Waals surface area contributed by atoms with Gasteiger partial charge in [-0.05, 0) is 36.8 Å². The lowest BCUT2D eigenvalue weighted by Gasteiger charge is -2.34. The normalized spacial score (nSPS) is 21.2. The molecule has 1 saturated carbocycles. The third-order valence-electron chi connectivity index (χ3n) is 6.90. The molecule has 36 heavy (non-hydrogen) atoms. The Bertz CT molecular complexity index is 1310. The Morgan fingerprint density at radius 1 is 1.25 bits per heavy atom. The fraction of sp³-hybridized carbons (Fsp3) is 0.560. The number of halogens is 1. The van der Waals surface area contributed by atoms with Crippen molar-refractivity contribution >= 4 is 29.1 Å². The predicted molar refractivity (Wildman–Crippen MR) is 133 cm³/mol. The van der Waals surface area contributed by atoms with Crippen LogP contribution in [-0.4, -0.2) is 64.9 Å². The van der Waals surface area contributed by atoms with Crippen LogP contribution >= 0.6 is 11.6 Å². The predicted octanol–water partition coefficient (Wildman–Crippen LogP) is 2.63. The van der Waals surface area contributed by atoms with Crippen molar-refractivity contribution in [1.29, 1.82) is 0 Å². The quantitative estimate of drug-likeness (QED) is 0.523. The van der Waals surface area contributed by atoms with Gasteiger partial charge in [-0.2, -0.15) is 0 Å². The number of nitrogens with one attached hydrogen (secondary N) is 1. The Balaban J connectivity index is 1.33. The van der Waals surface area contributed by atoms with Crippen LogP contribution in [-0.2, 0) is 16.1 Å². The largest absolute Gasteiger partial charge is 0.391 e. The van der Waals surface area contributed by atoms with Crippen LogP contribution in [0, 0.1) is 12.3 Å². The molecule has 1 saturated heterocycles. The summed E-state index contributed by atoms with van der Waals surface area (Å²) in [4.78, 5) is 33.1. The molecule has 3 atom stereocenters. The number of hydrogen-bond acceptors (Lipinski definition) is 6. The van der Waals surface area contributed by atoms with E-state index in [1.807, 2.05) is 50.6 Å². The minimum atomic E-state index is -0.781. The van der Waals surface area contributed by atoms with Gasteiger partial charge in [-0.25, -0.2) is 9.67 Å². The summed E-state index contributed by atoms with van der Waals surface area (Å²) < 4.78 is 3.45. The molecule has 2 fully saturated rings. The Labute approximate surface area is 214 Å². The standard InChI is InChI=1S/C25H32ClN7O3/c1-14-7-16(26)10-31-11-17(28-22(14)31)9-27-23(35)20-8-18(34)12-32(20)24(36)21(25(2,3)4)33-13-19(29-30-33)15-5-6-15/h7,10-11,13,15,18,20-21,34H,5-6,8-9,12H2,1-4H3,(H,27,35)/t18-,20+,21-/m1/s1. The average Bonchev–Trinajstić information content (AvgIpc) is 3.19. The molecule has 0 radical (unpaired) electrons. The maximum Gasteiger partial charge on any atom is 0.248 e. The highest BCUT2D eigenvalue weighted by molar-refractivity contribution is 6.30. The van der Waals surface area contributed by atoms with E-state index in [0.717, 1.165) is 29.7 Å². The Morgan fingerprint density at radius 2 is 2.00 bits per heavy atom. The number of nitrogens with zero attached hydrogens (tertiary/aromatic N) is 6. The first-order valence-electron chi connectivity index (χ1n) is 12.3. The van der Waals surface area contributed by atoms with Gasteiger partial charge in [0.2, 0.25) is 11.8 Å². The second-order valence-electron chi connectivity index (χ2n) is 11.1. The summed E-state index contributed by atoms with van der Waals surface area (Å²) in [5.41, 5.74) is 2.80. The summed E-state index contributed by atoms with van der Waals surface area (Å²) in [6.45, 7) is 8.12. The number of rotatable bonds is 6. The number of aliphatic hydroxyl groups is 1. The van der Waals surface area contributed by atoms with E-state index in [9.17, 15) is 14.7 Å². The molecule has 2 aliphatic rings. The van der Waals surface area contributed by atoms with Gasteiger partial charge in [0.25, 0.3) is 0 Å². The smallest absolute Gasteiger partial charge is 0.248 e. The lowest BCUT2D eigenvalue weighted by molar-refractivity contribution is -0.144. The summed E-state index contributed by atoms with van der Waals surface area (Å²) in [7, 11) is 0. The van der Waals surface area contributed by atoms with E-state index in [4.69, 9.17) is 11.6 Å². The third-order valence-corrected chi connectivity index (χ3v) is 7.11. The molecule has 192 valence electrons. The van der Waals surface area contributed by atoms with E-state index in [1.165, 1.54) is 4.90 Å². The molecule has 0 unspecified atom stereocenters. The second kappa shape index (κ2) is 9.15. The molecule has 2 N–H and O–H groups in total. The number of likely N-dealkylation sites (tertiary alicyclic amines) is 1. The number of hydrogen-bond donors (Lipinski definition) is 2. The number of pyridine rings is 1. The van der Waals surface area contributed by atoms with Crippen molar-refractivity contribution in [3.05, 3.63) is 46.6 Å². The minimum absolute atomic E-state index is 0.0970. The van der Waals surface area contributed by atoms with Gasteiger partial charge in [0.15, 0.2) is 0 Å². The number of imidazole rings is 1. The Morgan fingerprint density at radius 3 is 2.69 bits per heavy atom. The van der Waals surface area contributed by atoms with Gasteiger partial charge >= 0.3 is 0 Å². The fourth-order valence-corrected chi connectivity index (χ4v) is 5.25. The molecule has 5 rings (SSSR count). The van der Waals surface area contributed by atoms with E-state index in [2.05, 4.69) is 20.6 Å². The molecule has 1 aliphatic heterocycles. The summed E-state index contributed by atoms with van der Waals surface area (Å²) >= 11 is 6.14. The molecule has 0 spiro atoms. The molecule has 3 aromatic rings. The van der Waals surface area contributed by atoms with Crippen LogP contribution in [0.1, 0.15) is 68.9 Å². The van der Waals surface area contributed by atoms with Crippen molar-refractivity contribution in [2.24, 2.45) is 5.41 Å². The van der Waals surface area contributed by atoms with E-state index in [0.29, 0.717) is 16.6 Å². The molecule has 10 nitrogen and oxygen atoms in total. The molecular formula is C25H32ClN7O3. The topological polar surface area (TPSA) is 118 Å². The molecular weight excluding hydrogens is 482 g/mol. The maximum atomic E-state index is 13.8. The first-order chi connectivity index (χ1) is 17.0. The maximum absolute atomic E-state index is 13.8. The highest BCUT2D eigenvalue weighted by atomic mass is 35.5. The Hall–Kier alpha value is -2.98. The van der Waals surface area contributed by atoms with Gasteiger partial charge in [-0.15, -0.1) is 5.10 Å². The van der Waals surface area contributed by atoms with Crippen LogP contribution in [0.15, 0.2) is 24.7 Å². The van der Waals surface area contributed by atoms with Crippen molar-refractivity contribution in [3.8, 4) is 0 Å². The lowest BCUT2D eigenvalue weighted by Crippen LogP contribution is -2.50. The van der Waals surface area contributed by atoms with Crippen LogP contribution in [0.2, 0.25) is 5.02 Å². The van der Waals surface area contributed by atoms with E-state index in [1.54, 1.807) is 10.9 Å². The highest BCUT2D eigenvalue weighted by Crippen LogP contribution is 2.40. The SMILES string of the molecule is Cc1cc(Cl)cn2cc(CNC(=O)[C@@H]3C[C@@H](O)CN3C(=O)[C@@H](n3cc(C4CC4)nn3)C(C)(C)C)nc12. The van der Waals surface area contributed by atoms with E-state index >= 15 is 0 Å². The van der Waals surface area contributed by atoms with Crippen LogP contribution in [0.3, 0.4) is 0 Å². The van der Waals surface area contributed by atoms with Gasteiger partial charge in [-0.3, -0.25) is 9.59 Å². The lowest BCUT2D eigenvalue weighted by atomic mass is 9.85. The van der Waals surface area contributed by atoms with Gasteiger partial charge < -0.3 is 19.7 Å². The van der Waals surface area contributed by atoms with Crippen molar-refractivity contribution in [2.75, 3.05) is 6.54 Å². The van der Waals surface area contributed by atoms with Crippen LogP contribution in [0.4, 0.5) is 0 Å². The summed E-state index contributed by atoms with van der Waals surface area (Å²) in [5, 5.41) is 22.5. The zero-order valence-corrected chi connectivity index (χ0v) is 21.7. The molecule has 0 aromatic carbocycles. The molecule has 11 heteroatoms. The molecule has 3 aromatic heterocycles. The summed E-state index contributed by atoms with van der Waals surface area (Å²) in [6.07, 6.45) is 7.02. The molecule has 0 bridgehead atoms. The number of β-amino-alcohol motifs (C(OH)–C–C–N with tert-alkyl or cyclic N) is 1. The number of carbonyl (C=O) groups is 2. The van der Waals surface area contributed by atoms with E-state index in [-0.39, 0.29) is 31.3 Å². The van der Waals surface area contributed by atoms with Crippen molar-refractivity contribution < 1.29 is 14.7 Å². The van der Waals surface area contributed by atoms with Gasteiger partial charge in [0, 0.05) is 37.5 Å². The van der Waals surface area contributed by atoms with Crippen LogP contribution in [0.25, 0.3) is 5.65 Å². The monoisotopic (exact) mass is 513 g/mol. The number of aromatic nitrogens is 5. The van der Waals surface area contributed by atoms with Crippen LogP contribution in [0.5, 0.6) is 0 Å². The van der Waals surface area contributed by atoms with Gasteiger partial charge in [0.05, 0.1) is 29.1 Å². The zero-order valence-electron chi connectivity index (χ0n) is 21.0. The first-order valence-corrected chi connectivity index (χ1v) is 12.7.